The molecule has 0 heterocycles. The zero-order valence-electron chi connectivity index (χ0n) is 11.1. The molecule has 0 aliphatic rings. The Morgan fingerprint density at radius 3 is 2.78 bits per heavy atom. The zero-order valence-corrected chi connectivity index (χ0v) is 12.7. The van der Waals surface area contributed by atoms with Crippen LogP contribution in [0.2, 0.25) is 0 Å². The normalized spacial score (nSPS) is 10.7. The number of carbonyl (C=O) groups is 1. The molecule has 0 bridgehead atoms. The Hall–Kier alpha value is -0.870. The molecule has 3 nitrogen and oxygen atoms in total. The van der Waals surface area contributed by atoms with Gasteiger partial charge in [-0.25, -0.2) is 0 Å². The topological polar surface area (TPSA) is 38.3 Å². The summed E-state index contributed by atoms with van der Waals surface area (Å²) in [4.78, 5) is 11.8. The monoisotopic (exact) mass is 313 g/mol. The smallest absolute Gasteiger partial charge is 0.251 e. The van der Waals surface area contributed by atoms with Gasteiger partial charge >= 0.3 is 0 Å². The van der Waals surface area contributed by atoms with Crippen LogP contribution in [-0.4, -0.2) is 25.2 Å². The van der Waals surface area contributed by atoms with E-state index >= 15 is 0 Å². The van der Waals surface area contributed by atoms with E-state index in [2.05, 4.69) is 21.2 Å². The summed E-state index contributed by atoms with van der Waals surface area (Å²) in [7, 11) is 0. The Bertz CT molecular complexity index is 405. The number of benzene rings is 1. The van der Waals surface area contributed by atoms with Crippen LogP contribution in [0, 0.1) is 6.92 Å². The van der Waals surface area contributed by atoms with Gasteiger partial charge in [-0.05, 0) is 51.0 Å². The highest BCUT2D eigenvalue weighted by Gasteiger charge is 2.06. The first kappa shape index (κ1) is 15.2. The molecule has 0 radical (unpaired) electrons. The number of aryl methyl sites for hydroxylation is 1. The molecule has 0 aromatic heterocycles. The molecule has 1 aromatic carbocycles. The van der Waals surface area contributed by atoms with Crippen LogP contribution in [-0.2, 0) is 4.74 Å². The van der Waals surface area contributed by atoms with Crippen molar-refractivity contribution in [3.8, 4) is 0 Å². The standard InChI is InChI=1S/C14H20BrNO2/c1-10(2)18-8-4-7-16-14(17)12-5-6-13(15)11(3)9-12/h5-6,9-10H,4,7-8H2,1-3H3,(H,16,17). The average Bonchev–Trinajstić information content (AvgIpc) is 2.31. The van der Waals surface area contributed by atoms with Gasteiger partial charge in [0.1, 0.15) is 0 Å². The molecule has 100 valence electrons. The zero-order chi connectivity index (χ0) is 13.5. The van der Waals surface area contributed by atoms with E-state index in [9.17, 15) is 4.79 Å². The lowest BCUT2D eigenvalue weighted by molar-refractivity contribution is 0.0757. The third kappa shape index (κ3) is 5.19. The summed E-state index contributed by atoms with van der Waals surface area (Å²) in [6, 6.07) is 5.59. The van der Waals surface area contributed by atoms with Crippen molar-refractivity contribution in [2.24, 2.45) is 0 Å². The van der Waals surface area contributed by atoms with Gasteiger partial charge in [0.15, 0.2) is 0 Å². The Morgan fingerprint density at radius 2 is 2.17 bits per heavy atom. The van der Waals surface area contributed by atoms with E-state index in [-0.39, 0.29) is 12.0 Å². The van der Waals surface area contributed by atoms with Crippen molar-refractivity contribution in [2.45, 2.75) is 33.3 Å². The highest BCUT2D eigenvalue weighted by atomic mass is 79.9. The predicted molar refractivity (Wildman–Crippen MR) is 76.9 cm³/mol. The number of carbonyl (C=O) groups excluding carboxylic acids is 1. The molecule has 0 spiro atoms. The quantitative estimate of drug-likeness (QED) is 0.818. The summed E-state index contributed by atoms with van der Waals surface area (Å²) in [6.07, 6.45) is 1.08. The second-order valence-electron chi connectivity index (χ2n) is 4.49. The molecule has 0 aliphatic heterocycles. The van der Waals surface area contributed by atoms with E-state index in [1.165, 1.54) is 0 Å². The van der Waals surface area contributed by atoms with Crippen molar-refractivity contribution < 1.29 is 9.53 Å². The molecule has 0 saturated heterocycles. The number of halogens is 1. The number of rotatable bonds is 6. The molecule has 1 rings (SSSR count). The highest BCUT2D eigenvalue weighted by Crippen LogP contribution is 2.16. The molecule has 1 amide bonds. The number of hydrogen-bond acceptors (Lipinski definition) is 2. The fraction of sp³-hybridized carbons (Fsp3) is 0.500. The Labute approximate surface area is 117 Å². The van der Waals surface area contributed by atoms with Gasteiger partial charge in [-0.2, -0.15) is 0 Å². The van der Waals surface area contributed by atoms with Crippen LogP contribution in [0.5, 0.6) is 0 Å². The maximum atomic E-state index is 11.8. The van der Waals surface area contributed by atoms with E-state index in [0.29, 0.717) is 18.7 Å². The first-order chi connectivity index (χ1) is 8.50. The summed E-state index contributed by atoms with van der Waals surface area (Å²) in [5, 5.41) is 2.89. The van der Waals surface area contributed by atoms with Gasteiger partial charge < -0.3 is 10.1 Å². The molecule has 0 aliphatic carbocycles. The lowest BCUT2D eigenvalue weighted by atomic mass is 10.1. The molecule has 0 atom stereocenters. The van der Waals surface area contributed by atoms with E-state index < -0.39 is 0 Å². The number of ether oxygens (including phenoxy) is 1. The summed E-state index contributed by atoms with van der Waals surface area (Å²) in [5.41, 5.74) is 1.76. The third-order valence-corrected chi connectivity index (χ3v) is 3.37. The molecule has 18 heavy (non-hydrogen) atoms. The van der Waals surface area contributed by atoms with Crippen LogP contribution >= 0.6 is 15.9 Å². The Balaban J connectivity index is 2.34. The van der Waals surface area contributed by atoms with E-state index in [0.717, 1.165) is 16.5 Å². The van der Waals surface area contributed by atoms with Gasteiger partial charge in [0.2, 0.25) is 0 Å². The van der Waals surface area contributed by atoms with Crippen LogP contribution in [0.3, 0.4) is 0 Å². The number of amides is 1. The van der Waals surface area contributed by atoms with Gasteiger partial charge in [-0.3, -0.25) is 4.79 Å². The molecule has 1 aromatic rings. The predicted octanol–water partition coefficient (Wildman–Crippen LogP) is 3.30. The molecule has 1 N–H and O–H groups in total. The first-order valence-corrected chi connectivity index (χ1v) is 6.96. The van der Waals surface area contributed by atoms with E-state index in [1.807, 2.05) is 39.0 Å². The number of nitrogens with one attached hydrogen (secondary N) is 1. The van der Waals surface area contributed by atoms with Crippen molar-refractivity contribution in [1.82, 2.24) is 5.32 Å². The molecular formula is C14H20BrNO2. The van der Waals surface area contributed by atoms with Gasteiger partial charge in [0.25, 0.3) is 5.91 Å². The summed E-state index contributed by atoms with van der Waals surface area (Å²) in [5.74, 6) is -0.0323. The van der Waals surface area contributed by atoms with Crippen LogP contribution in [0.1, 0.15) is 36.2 Å². The molecule has 0 saturated carbocycles. The Kier molecular flexibility index (Phi) is 6.36. The van der Waals surface area contributed by atoms with Crippen molar-refractivity contribution in [3.63, 3.8) is 0 Å². The van der Waals surface area contributed by atoms with E-state index in [1.54, 1.807) is 0 Å². The average molecular weight is 314 g/mol. The van der Waals surface area contributed by atoms with Gasteiger partial charge in [-0.15, -0.1) is 0 Å². The van der Waals surface area contributed by atoms with Crippen molar-refractivity contribution >= 4 is 21.8 Å². The molecule has 0 fully saturated rings. The minimum absolute atomic E-state index is 0.0323. The minimum Gasteiger partial charge on any atom is -0.379 e. The lowest BCUT2D eigenvalue weighted by Gasteiger charge is -2.09. The van der Waals surface area contributed by atoms with Crippen molar-refractivity contribution in [1.29, 1.82) is 0 Å². The SMILES string of the molecule is Cc1cc(C(=O)NCCCOC(C)C)ccc1Br. The second-order valence-corrected chi connectivity index (χ2v) is 5.35. The van der Waals surface area contributed by atoms with Crippen molar-refractivity contribution in [2.75, 3.05) is 13.2 Å². The minimum atomic E-state index is -0.0323. The van der Waals surface area contributed by atoms with Gasteiger partial charge in [-0.1, -0.05) is 15.9 Å². The summed E-state index contributed by atoms with van der Waals surface area (Å²) in [6.45, 7) is 7.29. The van der Waals surface area contributed by atoms with Crippen LogP contribution < -0.4 is 5.32 Å². The second kappa shape index (κ2) is 7.54. The maximum absolute atomic E-state index is 11.8. The largest absolute Gasteiger partial charge is 0.379 e. The maximum Gasteiger partial charge on any atom is 0.251 e. The third-order valence-electron chi connectivity index (χ3n) is 2.48. The molecular weight excluding hydrogens is 294 g/mol. The van der Waals surface area contributed by atoms with Gasteiger partial charge in [0, 0.05) is 23.2 Å². The van der Waals surface area contributed by atoms with Crippen LogP contribution in [0.4, 0.5) is 0 Å². The fourth-order valence-electron chi connectivity index (χ4n) is 1.48. The first-order valence-electron chi connectivity index (χ1n) is 6.16. The van der Waals surface area contributed by atoms with Gasteiger partial charge in [0.05, 0.1) is 6.10 Å². The van der Waals surface area contributed by atoms with Crippen molar-refractivity contribution in [3.05, 3.63) is 33.8 Å². The molecule has 4 heteroatoms. The summed E-state index contributed by atoms with van der Waals surface area (Å²) >= 11 is 3.42. The highest BCUT2D eigenvalue weighted by molar-refractivity contribution is 9.10. The fourth-order valence-corrected chi connectivity index (χ4v) is 1.73. The Morgan fingerprint density at radius 1 is 1.44 bits per heavy atom. The van der Waals surface area contributed by atoms with E-state index in [4.69, 9.17) is 4.74 Å². The molecule has 0 unspecified atom stereocenters. The van der Waals surface area contributed by atoms with Crippen LogP contribution in [0.25, 0.3) is 0 Å². The lowest BCUT2D eigenvalue weighted by Crippen LogP contribution is -2.25. The number of hydrogen-bond donors (Lipinski definition) is 1. The summed E-state index contributed by atoms with van der Waals surface area (Å²) < 4.78 is 6.42. The van der Waals surface area contributed by atoms with Crippen LogP contribution in [0.15, 0.2) is 22.7 Å².